The Morgan fingerprint density at radius 1 is 0.667 bits per heavy atom. The predicted molar refractivity (Wildman–Crippen MR) is 109 cm³/mol. The molecule has 2 heteroatoms. The molecule has 1 aliphatic heterocycles. The quantitative estimate of drug-likeness (QED) is 0.317. The van der Waals surface area contributed by atoms with Crippen molar-refractivity contribution < 1.29 is 0 Å². The van der Waals surface area contributed by atoms with Gasteiger partial charge in [-0.2, -0.15) is 0 Å². The van der Waals surface area contributed by atoms with Gasteiger partial charge in [0.25, 0.3) is 0 Å². The molecule has 0 bridgehead atoms. The van der Waals surface area contributed by atoms with Crippen LogP contribution in [0.1, 0.15) is 111 Å². The van der Waals surface area contributed by atoms with E-state index in [0.717, 1.165) is 12.2 Å². The molecule has 0 aromatic rings. The van der Waals surface area contributed by atoms with E-state index in [1.54, 1.807) is 0 Å². The first-order chi connectivity index (χ1) is 11.7. The lowest BCUT2D eigenvalue weighted by Gasteiger charge is -2.31. The van der Waals surface area contributed by atoms with Crippen molar-refractivity contribution >= 4 is 0 Å². The molecule has 2 unspecified atom stereocenters. The Balaban J connectivity index is 2.43. The Kier molecular flexibility index (Phi) is 12.9. The van der Waals surface area contributed by atoms with Crippen LogP contribution in [0.15, 0.2) is 0 Å². The van der Waals surface area contributed by atoms with Crippen LogP contribution in [0.2, 0.25) is 0 Å². The van der Waals surface area contributed by atoms with Gasteiger partial charge in [-0.05, 0) is 32.9 Å². The second-order valence-electron chi connectivity index (χ2n) is 8.07. The van der Waals surface area contributed by atoms with Crippen molar-refractivity contribution in [2.75, 3.05) is 20.1 Å². The van der Waals surface area contributed by atoms with Crippen LogP contribution < -0.4 is 0 Å². The lowest BCUT2D eigenvalue weighted by atomic mass is 10.1. The molecule has 0 radical (unpaired) electrons. The fraction of sp³-hybridized carbons (Fsp3) is 1.00. The Labute approximate surface area is 153 Å². The second-order valence-corrected chi connectivity index (χ2v) is 8.07. The third kappa shape index (κ3) is 8.34. The lowest BCUT2D eigenvalue weighted by molar-refractivity contribution is 0.119. The van der Waals surface area contributed by atoms with Crippen LogP contribution in [-0.2, 0) is 0 Å². The van der Waals surface area contributed by atoms with E-state index in [-0.39, 0.29) is 0 Å². The van der Waals surface area contributed by atoms with Gasteiger partial charge in [-0.25, -0.2) is 0 Å². The minimum absolute atomic E-state index is 0.721. The maximum atomic E-state index is 2.89. The summed E-state index contributed by atoms with van der Waals surface area (Å²) in [5.74, 6) is 0. The van der Waals surface area contributed by atoms with Crippen LogP contribution in [0.3, 0.4) is 0 Å². The van der Waals surface area contributed by atoms with Gasteiger partial charge in [0.1, 0.15) is 0 Å². The van der Waals surface area contributed by atoms with Crippen LogP contribution >= 0.6 is 0 Å². The average Bonchev–Trinajstić information content (AvgIpc) is 2.87. The first kappa shape index (κ1) is 22.0. The first-order valence-electron chi connectivity index (χ1n) is 11.2. The maximum Gasteiger partial charge on any atom is 0.0623 e. The summed E-state index contributed by atoms with van der Waals surface area (Å²) in [5, 5.41) is 0. The lowest BCUT2D eigenvalue weighted by Crippen LogP contribution is -2.40. The monoisotopic (exact) mass is 338 g/mol. The molecule has 0 aliphatic carbocycles. The van der Waals surface area contributed by atoms with Crippen LogP contribution in [0, 0.1) is 0 Å². The minimum Gasteiger partial charge on any atom is -0.289 e. The van der Waals surface area contributed by atoms with Crippen molar-refractivity contribution in [1.82, 2.24) is 9.80 Å². The first-order valence-corrected chi connectivity index (χ1v) is 11.2. The van der Waals surface area contributed by atoms with Crippen molar-refractivity contribution in [3.63, 3.8) is 0 Å². The Morgan fingerprint density at radius 3 is 1.88 bits per heavy atom. The zero-order valence-corrected chi connectivity index (χ0v) is 17.4. The molecule has 2 atom stereocenters. The van der Waals surface area contributed by atoms with E-state index in [0.29, 0.717) is 0 Å². The molecule has 0 aromatic carbocycles. The summed E-state index contributed by atoms with van der Waals surface area (Å²) in [5.41, 5.74) is 0. The minimum atomic E-state index is 0.721. The van der Waals surface area contributed by atoms with Gasteiger partial charge in [0.2, 0.25) is 0 Å². The predicted octanol–water partition coefficient (Wildman–Crippen LogP) is 6.45. The summed E-state index contributed by atoms with van der Waals surface area (Å²) in [6, 6.07) is 0.823. The van der Waals surface area contributed by atoms with E-state index in [4.69, 9.17) is 0 Å². The summed E-state index contributed by atoms with van der Waals surface area (Å²) >= 11 is 0. The summed E-state index contributed by atoms with van der Waals surface area (Å²) in [7, 11) is 2.37. The summed E-state index contributed by atoms with van der Waals surface area (Å²) < 4.78 is 0. The fourth-order valence-corrected chi connectivity index (χ4v) is 4.31. The molecule has 0 saturated carbocycles. The highest BCUT2D eigenvalue weighted by Crippen LogP contribution is 2.27. The van der Waals surface area contributed by atoms with Crippen molar-refractivity contribution in [2.24, 2.45) is 0 Å². The number of hydrogen-bond acceptors (Lipinski definition) is 2. The smallest absolute Gasteiger partial charge is 0.0623 e. The SMILES string of the molecule is CCCCCCCCN1C(CCCCC)CN(C)C1CCCCC. The van der Waals surface area contributed by atoms with Gasteiger partial charge in [0.05, 0.1) is 6.17 Å². The molecule has 0 aromatic heterocycles. The molecule has 144 valence electrons. The highest BCUT2D eigenvalue weighted by atomic mass is 15.4. The van der Waals surface area contributed by atoms with Crippen molar-refractivity contribution in [3.05, 3.63) is 0 Å². The van der Waals surface area contributed by atoms with E-state index in [1.165, 1.54) is 103 Å². The topological polar surface area (TPSA) is 6.48 Å². The van der Waals surface area contributed by atoms with Gasteiger partial charge in [-0.3, -0.25) is 9.80 Å². The Morgan fingerprint density at radius 2 is 1.21 bits per heavy atom. The largest absolute Gasteiger partial charge is 0.289 e. The molecule has 2 nitrogen and oxygen atoms in total. The number of likely N-dealkylation sites (N-methyl/N-ethyl adjacent to an activating group) is 1. The average molecular weight is 339 g/mol. The number of rotatable bonds is 15. The molecule has 0 spiro atoms. The highest BCUT2D eigenvalue weighted by molar-refractivity contribution is 4.88. The molecule has 1 saturated heterocycles. The highest BCUT2D eigenvalue weighted by Gasteiger charge is 2.35. The third-order valence-corrected chi connectivity index (χ3v) is 5.84. The van der Waals surface area contributed by atoms with E-state index >= 15 is 0 Å². The molecule has 1 rings (SSSR count). The zero-order valence-electron chi connectivity index (χ0n) is 17.4. The van der Waals surface area contributed by atoms with Crippen LogP contribution in [0.5, 0.6) is 0 Å². The molecule has 1 heterocycles. The standard InChI is InChI=1S/C22H46N2/c1-5-8-11-12-13-16-19-24-21(17-14-9-6-2)20-23(4)22(24)18-15-10-7-3/h21-22H,5-20H2,1-4H3. The zero-order chi connectivity index (χ0) is 17.6. The van der Waals surface area contributed by atoms with E-state index in [1.807, 2.05) is 0 Å². The maximum absolute atomic E-state index is 2.89. The number of hydrogen-bond donors (Lipinski definition) is 0. The summed E-state index contributed by atoms with van der Waals surface area (Å²) in [6.45, 7) is 9.59. The van der Waals surface area contributed by atoms with Crippen molar-refractivity contribution in [2.45, 2.75) is 123 Å². The van der Waals surface area contributed by atoms with Gasteiger partial charge in [0, 0.05) is 12.6 Å². The molecule has 24 heavy (non-hydrogen) atoms. The number of unbranched alkanes of at least 4 members (excludes halogenated alkanes) is 9. The summed E-state index contributed by atoms with van der Waals surface area (Å²) in [6.07, 6.45) is 20.3. The molecule has 1 aliphatic rings. The molecular formula is C22H46N2. The molecule has 0 N–H and O–H groups in total. The Hall–Kier alpha value is -0.0800. The van der Waals surface area contributed by atoms with Crippen LogP contribution in [-0.4, -0.2) is 42.1 Å². The molecule has 0 amide bonds. The van der Waals surface area contributed by atoms with Gasteiger partial charge >= 0.3 is 0 Å². The van der Waals surface area contributed by atoms with Gasteiger partial charge in [-0.15, -0.1) is 0 Å². The normalized spacial score (nSPS) is 22.5. The van der Waals surface area contributed by atoms with Crippen LogP contribution in [0.4, 0.5) is 0 Å². The van der Waals surface area contributed by atoms with Crippen LogP contribution in [0.25, 0.3) is 0 Å². The van der Waals surface area contributed by atoms with E-state index in [2.05, 4.69) is 37.6 Å². The van der Waals surface area contributed by atoms with Crippen molar-refractivity contribution in [3.8, 4) is 0 Å². The number of nitrogens with zero attached hydrogens (tertiary/aromatic N) is 2. The van der Waals surface area contributed by atoms with E-state index < -0.39 is 0 Å². The fourth-order valence-electron chi connectivity index (χ4n) is 4.31. The van der Waals surface area contributed by atoms with Gasteiger partial charge < -0.3 is 0 Å². The molecular weight excluding hydrogens is 292 g/mol. The second kappa shape index (κ2) is 14.1. The summed E-state index contributed by atoms with van der Waals surface area (Å²) in [4.78, 5) is 5.55. The van der Waals surface area contributed by atoms with E-state index in [9.17, 15) is 0 Å². The molecule has 1 fully saturated rings. The van der Waals surface area contributed by atoms with Gasteiger partial charge in [-0.1, -0.05) is 91.4 Å². The Bertz CT molecular complexity index is 279. The third-order valence-electron chi connectivity index (χ3n) is 5.84. The van der Waals surface area contributed by atoms with Crippen molar-refractivity contribution in [1.29, 1.82) is 0 Å². The van der Waals surface area contributed by atoms with Gasteiger partial charge in [0.15, 0.2) is 0 Å².